The summed E-state index contributed by atoms with van der Waals surface area (Å²) in [4.78, 5) is 0. The minimum absolute atomic E-state index is 0.0908. The van der Waals surface area contributed by atoms with Gasteiger partial charge in [-0.15, -0.1) is 5.10 Å². The summed E-state index contributed by atoms with van der Waals surface area (Å²) in [5.41, 5.74) is 0.938. The van der Waals surface area contributed by atoms with E-state index in [0.717, 1.165) is 12.2 Å². The minimum atomic E-state index is 0.0908. The van der Waals surface area contributed by atoms with Crippen LogP contribution in [0, 0.1) is 0 Å². The molecule has 0 spiro atoms. The molecule has 1 aromatic rings. The Kier molecular flexibility index (Phi) is 2.90. The van der Waals surface area contributed by atoms with Gasteiger partial charge in [-0.05, 0) is 14.0 Å². The van der Waals surface area contributed by atoms with E-state index in [9.17, 15) is 0 Å². The van der Waals surface area contributed by atoms with Crippen LogP contribution < -0.4 is 5.32 Å². The molecule has 0 fully saturated rings. The second-order valence-electron chi connectivity index (χ2n) is 2.35. The summed E-state index contributed by atoms with van der Waals surface area (Å²) in [6.45, 7) is 2.70. The van der Waals surface area contributed by atoms with Crippen molar-refractivity contribution in [2.45, 2.75) is 18.8 Å². The molecule has 0 aromatic carbocycles. The molecule has 1 atom stereocenters. The molecule has 1 aromatic heterocycles. The second-order valence-corrected chi connectivity index (χ2v) is 3.10. The Labute approximate surface area is 71.4 Å². The lowest BCUT2D eigenvalue weighted by Crippen LogP contribution is -2.05. The van der Waals surface area contributed by atoms with Gasteiger partial charge in [0.05, 0.1) is 17.3 Å². The molecule has 0 aliphatic heterocycles. The van der Waals surface area contributed by atoms with Crippen LogP contribution in [-0.2, 0) is 6.54 Å². The number of rotatable bonds is 3. The summed E-state index contributed by atoms with van der Waals surface area (Å²) in [6.07, 6.45) is 1.88. The predicted molar refractivity (Wildman–Crippen MR) is 46.5 cm³/mol. The molecule has 0 amide bonds. The van der Waals surface area contributed by atoms with Gasteiger partial charge in [0.1, 0.15) is 0 Å². The lowest BCUT2D eigenvalue weighted by Gasteiger charge is -1.99. The molecule has 1 unspecified atom stereocenters. The third kappa shape index (κ3) is 2.20. The molecule has 4 nitrogen and oxygen atoms in total. The van der Waals surface area contributed by atoms with E-state index >= 15 is 0 Å². The zero-order valence-electron chi connectivity index (χ0n) is 6.65. The van der Waals surface area contributed by atoms with E-state index in [-0.39, 0.29) is 5.37 Å². The van der Waals surface area contributed by atoms with Gasteiger partial charge in [0.2, 0.25) is 0 Å². The molecule has 0 bridgehead atoms. The number of nitrogens with one attached hydrogen (secondary N) is 1. The molecule has 1 N–H and O–H groups in total. The largest absolute Gasteiger partial charge is 0.314 e. The molecule has 0 saturated carbocycles. The van der Waals surface area contributed by atoms with Crippen LogP contribution in [0.5, 0.6) is 0 Å². The number of hydrogen-bond donors (Lipinski definition) is 2. The first-order valence-corrected chi connectivity index (χ1v) is 3.99. The molecule has 11 heavy (non-hydrogen) atoms. The van der Waals surface area contributed by atoms with Gasteiger partial charge in [0.15, 0.2) is 0 Å². The van der Waals surface area contributed by atoms with Crippen molar-refractivity contribution in [3.8, 4) is 0 Å². The van der Waals surface area contributed by atoms with Gasteiger partial charge in [-0.1, -0.05) is 5.21 Å². The van der Waals surface area contributed by atoms with Crippen molar-refractivity contribution < 1.29 is 0 Å². The Bertz CT molecular complexity index is 220. The standard InChI is InChI=1S/C6H12N4S/c1-5(11)10-4-6(3-7-2)8-9-10/h4-5,7,11H,3H2,1-2H3. The van der Waals surface area contributed by atoms with Crippen LogP contribution >= 0.6 is 12.6 Å². The Morgan fingerprint density at radius 2 is 2.55 bits per heavy atom. The van der Waals surface area contributed by atoms with Crippen molar-refractivity contribution in [1.82, 2.24) is 20.3 Å². The zero-order chi connectivity index (χ0) is 8.27. The molecule has 1 rings (SSSR count). The number of hydrogen-bond acceptors (Lipinski definition) is 4. The van der Waals surface area contributed by atoms with Crippen molar-refractivity contribution in [2.75, 3.05) is 7.05 Å². The molecular formula is C6H12N4S. The topological polar surface area (TPSA) is 42.7 Å². The average Bonchev–Trinajstić information content (AvgIpc) is 2.37. The van der Waals surface area contributed by atoms with E-state index < -0.39 is 0 Å². The van der Waals surface area contributed by atoms with Crippen LogP contribution in [0.1, 0.15) is 18.0 Å². The Balaban J connectivity index is 2.66. The van der Waals surface area contributed by atoms with Crippen LogP contribution in [0.25, 0.3) is 0 Å². The maximum atomic E-state index is 4.21. The van der Waals surface area contributed by atoms with Crippen LogP contribution in [0.3, 0.4) is 0 Å². The zero-order valence-corrected chi connectivity index (χ0v) is 7.55. The van der Waals surface area contributed by atoms with Gasteiger partial charge >= 0.3 is 0 Å². The molecule has 0 aliphatic carbocycles. The lowest BCUT2D eigenvalue weighted by atomic mass is 10.5. The normalized spacial score (nSPS) is 13.4. The van der Waals surface area contributed by atoms with Crippen LogP contribution in [0.4, 0.5) is 0 Å². The second kappa shape index (κ2) is 3.73. The fourth-order valence-electron chi connectivity index (χ4n) is 0.758. The molecule has 0 aliphatic rings. The van der Waals surface area contributed by atoms with Crippen molar-refractivity contribution in [3.05, 3.63) is 11.9 Å². The maximum absolute atomic E-state index is 4.21. The van der Waals surface area contributed by atoms with E-state index in [1.54, 1.807) is 4.68 Å². The molecule has 0 saturated heterocycles. The van der Waals surface area contributed by atoms with Gasteiger partial charge in [-0.3, -0.25) is 0 Å². The molecule has 1 heterocycles. The maximum Gasteiger partial charge on any atom is 0.0965 e. The van der Waals surface area contributed by atoms with Crippen molar-refractivity contribution in [2.24, 2.45) is 0 Å². The van der Waals surface area contributed by atoms with E-state index in [1.165, 1.54) is 0 Å². The van der Waals surface area contributed by atoms with Crippen molar-refractivity contribution in [1.29, 1.82) is 0 Å². The quantitative estimate of drug-likeness (QED) is 0.650. The third-order valence-corrected chi connectivity index (χ3v) is 1.54. The third-order valence-electron chi connectivity index (χ3n) is 1.30. The van der Waals surface area contributed by atoms with Gasteiger partial charge in [0.25, 0.3) is 0 Å². The van der Waals surface area contributed by atoms with E-state index in [0.29, 0.717) is 0 Å². The minimum Gasteiger partial charge on any atom is -0.314 e. The van der Waals surface area contributed by atoms with E-state index in [4.69, 9.17) is 0 Å². The summed E-state index contributed by atoms with van der Waals surface area (Å²) in [5.74, 6) is 0. The highest BCUT2D eigenvalue weighted by molar-refractivity contribution is 7.80. The summed E-state index contributed by atoms with van der Waals surface area (Å²) < 4.78 is 1.72. The van der Waals surface area contributed by atoms with Gasteiger partial charge in [-0.2, -0.15) is 12.6 Å². The summed E-state index contributed by atoms with van der Waals surface area (Å²) in [7, 11) is 1.88. The summed E-state index contributed by atoms with van der Waals surface area (Å²) in [5, 5.41) is 10.9. The van der Waals surface area contributed by atoms with Crippen LogP contribution in [0.15, 0.2) is 6.20 Å². The summed E-state index contributed by atoms with van der Waals surface area (Å²) in [6, 6.07) is 0. The van der Waals surface area contributed by atoms with Crippen LogP contribution in [-0.4, -0.2) is 22.0 Å². The van der Waals surface area contributed by atoms with Gasteiger partial charge < -0.3 is 5.32 Å². The molecule has 0 radical (unpaired) electrons. The van der Waals surface area contributed by atoms with Crippen molar-refractivity contribution >= 4 is 12.6 Å². The molecule has 62 valence electrons. The fourth-order valence-corrected chi connectivity index (χ4v) is 0.871. The van der Waals surface area contributed by atoms with Gasteiger partial charge in [-0.25, -0.2) is 4.68 Å². The Morgan fingerprint density at radius 3 is 3.00 bits per heavy atom. The van der Waals surface area contributed by atoms with E-state index in [1.807, 2.05) is 20.2 Å². The monoisotopic (exact) mass is 172 g/mol. The molecule has 5 heteroatoms. The van der Waals surface area contributed by atoms with Crippen molar-refractivity contribution in [3.63, 3.8) is 0 Å². The van der Waals surface area contributed by atoms with Crippen LogP contribution in [0.2, 0.25) is 0 Å². The first-order valence-electron chi connectivity index (χ1n) is 3.47. The number of nitrogens with zero attached hydrogens (tertiary/aromatic N) is 3. The molecular weight excluding hydrogens is 160 g/mol. The first-order chi connectivity index (χ1) is 5.24. The highest BCUT2D eigenvalue weighted by Crippen LogP contribution is 2.07. The SMILES string of the molecule is CNCc1cn(C(C)S)nn1. The highest BCUT2D eigenvalue weighted by atomic mass is 32.1. The Morgan fingerprint density at radius 1 is 1.82 bits per heavy atom. The van der Waals surface area contributed by atoms with E-state index in [2.05, 4.69) is 28.3 Å². The smallest absolute Gasteiger partial charge is 0.0965 e. The number of aromatic nitrogens is 3. The fraction of sp³-hybridized carbons (Fsp3) is 0.667. The number of thiol groups is 1. The highest BCUT2D eigenvalue weighted by Gasteiger charge is 2.01. The predicted octanol–water partition coefficient (Wildman–Crippen LogP) is 0.446. The summed E-state index contributed by atoms with van der Waals surface area (Å²) >= 11 is 4.21. The average molecular weight is 172 g/mol. The van der Waals surface area contributed by atoms with Gasteiger partial charge in [0, 0.05) is 6.54 Å². The Hall–Kier alpha value is -0.550. The lowest BCUT2D eigenvalue weighted by molar-refractivity contribution is 0.615. The first kappa shape index (κ1) is 8.55.